The molecule has 0 aliphatic heterocycles. The fourth-order valence-electron chi connectivity index (χ4n) is 1.60. The largest absolute Gasteiger partial charge is 0.373 e. The zero-order valence-electron chi connectivity index (χ0n) is 10.4. The molecule has 0 saturated heterocycles. The van der Waals surface area contributed by atoms with Crippen molar-refractivity contribution in [2.24, 2.45) is 0 Å². The predicted octanol–water partition coefficient (Wildman–Crippen LogP) is 2.27. The lowest BCUT2D eigenvalue weighted by Gasteiger charge is -2.21. The van der Waals surface area contributed by atoms with E-state index >= 15 is 0 Å². The van der Waals surface area contributed by atoms with Gasteiger partial charge in [0, 0.05) is 20.1 Å². The van der Waals surface area contributed by atoms with Gasteiger partial charge in [-0.15, -0.1) is 0 Å². The second-order valence-electron chi connectivity index (χ2n) is 3.66. The van der Waals surface area contributed by atoms with Crippen molar-refractivity contribution in [3.05, 3.63) is 22.2 Å². The topological polar surface area (TPSA) is 71.3 Å². The number of nitrogens with one attached hydrogen (secondary N) is 1. The molecular weight excluding hydrogens is 220 g/mol. The van der Waals surface area contributed by atoms with E-state index < -0.39 is 4.92 Å². The lowest BCUT2D eigenvalue weighted by Crippen LogP contribution is -2.24. The Morgan fingerprint density at radius 1 is 1.47 bits per heavy atom. The molecule has 94 valence electrons. The van der Waals surface area contributed by atoms with Crippen LogP contribution in [0.1, 0.15) is 20.3 Å². The molecule has 0 unspecified atom stereocenters. The Morgan fingerprint density at radius 3 is 2.65 bits per heavy atom. The van der Waals surface area contributed by atoms with Crippen molar-refractivity contribution in [3.63, 3.8) is 0 Å². The summed E-state index contributed by atoms with van der Waals surface area (Å²) >= 11 is 0. The molecule has 17 heavy (non-hydrogen) atoms. The number of nitrogens with zero attached hydrogens (tertiary/aromatic N) is 3. The van der Waals surface area contributed by atoms with Crippen molar-refractivity contribution in [2.45, 2.75) is 20.3 Å². The third kappa shape index (κ3) is 3.30. The minimum Gasteiger partial charge on any atom is -0.373 e. The normalized spacial score (nSPS) is 10.1. The highest BCUT2D eigenvalue weighted by atomic mass is 16.6. The van der Waals surface area contributed by atoms with E-state index in [1.165, 1.54) is 12.1 Å². The molecule has 1 rings (SSSR count). The van der Waals surface area contributed by atoms with Gasteiger partial charge in [-0.3, -0.25) is 10.1 Å². The highest BCUT2D eigenvalue weighted by Gasteiger charge is 2.14. The Bertz CT molecular complexity index is 395. The predicted molar refractivity (Wildman–Crippen MR) is 68.6 cm³/mol. The number of anilines is 2. The van der Waals surface area contributed by atoms with Crippen LogP contribution in [0.2, 0.25) is 0 Å². The molecule has 0 aromatic carbocycles. The molecule has 0 fully saturated rings. The van der Waals surface area contributed by atoms with Gasteiger partial charge in [0.25, 0.3) is 5.69 Å². The molecule has 1 heterocycles. The molecule has 0 aliphatic rings. The molecule has 0 bridgehead atoms. The summed E-state index contributed by atoms with van der Waals surface area (Å²) in [4.78, 5) is 16.8. The van der Waals surface area contributed by atoms with Crippen molar-refractivity contribution in [3.8, 4) is 0 Å². The summed E-state index contributed by atoms with van der Waals surface area (Å²) in [6, 6.07) is 2.95. The molecule has 0 atom stereocenters. The summed E-state index contributed by atoms with van der Waals surface area (Å²) in [6.07, 6.45) is 0.979. The molecule has 0 aliphatic carbocycles. The van der Waals surface area contributed by atoms with E-state index in [0.717, 1.165) is 19.5 Å². The van der Waals surface area contributed by atoms with Crippen LogP contribution < -0.4 is 10.2 Å². The van der Waals surface area contributed by atoms with Gasteiger partial charge in [0.05, 0.1) is 17.1 Å². The number of hydrogen-bond donors (Lipinski definition) is 1. The van der Waals surface area contributed by atoms with Crippen molar-refractivity contribution >= 4 is 17.3 Å². The van der Waals surface area contributed by atoms with Crippen LogP contribution >= 0.6 is 0 Å². The average Bonchev–Trinajstić information content (AvgIpc) is 2.35. The van der Waals surface area contributed by atoms with Crippen molar-refractivity contribution in [2.75, 3.05) is 30.4 Å². The van der Waals surface area contributed by atoms with E-state index in [2.05, 4.69) is 17.2 Å². The highest BCUT2D eigenvalue weighted by molar-refractivity contribution is 5.55. The summed E-state index contributed by atoms with van der Waals surface area (Å²) in [5.41, 5.74) is 0.0638. The first-order chi connectivity index (χ1) is 8.12. The maximum Gasteiger partial charge on any atom is 0.276 e. The fraction of sp³-hybridized carbons (Fsp3) is 0.545. The first-order valence-corrected chi connectivity index (χ1v) is 5.71. The number of nitro groups is 1. The van der Waals surface area contributed by atoms with Crippen LogP contribution in [0.3, 0.4) is 0 Å². The standard InChI is InChI=1S/C11H18N4O2/c1-4-6-14(5-2)11-8-9(15(16)17)7-10(12-3)13-11/h7-8H,4-6H2,1-3H3,(H,12,13). The van der Waals surface area contributed by atoms with Crippen LogP contribution in [-0.4, -0.2) is 30.0 Å². The van der Waals surface area contributed by atoms with Gasteiger partial charge in [-0.2, -0.15) is 0 Å². The summed E-state index contributed by atoms with van der Waals surface area (Å²) < 4.78 is 0. The monoisotopic (exact) mass is 238 g/mol. The van der Waals surface area contributed by atoms with Crippen LogP contribution in [0.5, 0.6) is 0 Å². The van der Waals surface area contributed by atoms with E-state index in [0.29, 0.717) is 11.6 Å². The summed E-state index contributed by atoms with van der Waals surface area (Å²) in [7, 11) is 1.70. The van der Waals surface area contributed by atoms with Gasteiger partial charge in [0.15, 0.2) is 0 Å². The van der Waals surface area contributed by atoms with Crippen LogP contribution in [-0.2, 0) is 0 Å². The second kappa shape index (κ2) is 6.03. The number of pyridine rings is 1. The Labute approximate surface area is 101 Å². The maximum atomic E-state index is 10.8. The molecule has 0 radical (unpaired) electrons. The smallest absolute Gasteiger partial charge is 0.276 e. The third-order valence-electron chi connectivity index (χ3n) is 2.46. The van der Waals surface area contributed by atoms with Gasteiger partial charge < -0.3 is 10.2 Å². The first-order valence-electron chi connectivity index (χ1n) is 5.71. The van der Waals surface area contributed by atoms with Gasteiger partial charge in [-0.25, -0.2) is 4.98 Å². The van der Waals surface area contributed by atoms with E-state index in [1.54, 1.807) is 7.05 Å². The van der Waals surface area contributed by atoms with Crippen molar-refractivity contribution in [1.29, 1.82) is 0 Å². The molecule has 6 heteroatoms. The third-order valence-corrected chi connectivity index (χ3v) is 2.46. The van der Waals surface area contributed by atoms with Gasteiger partial charge in [0.1, 0.15) is 11.6 Å². The molecule has 1 aromatic rings. The minimum atomic E-state index is -0.397. The zero-order valence-corrected chi connectivity index (χ0v) is 10.4. The minimum absolute atomic E-state index is 0.0638. The van der Waals surface area contributed by atoms with Gasteiger partial charge >= 0.3 is 0 Å². The molecule has 1 N–H and O–H groups in total. The molecular formula is C11H18N4O2. The first kappa shape index (κ1) is 13.2. The van der Waals surface area contributed by atoms with E-state index in [4.69, 9.17) is 0 Å². The maximum absolute atomic E-state index is 10.8. The molecule has 6 nitrogen and oxygen atoms in total. The van der Waals surface area contributed by atoms with E-state index in [-0.39, 0.29) is 5.69 Å². The quantitative estimate of drug-likeness (QED) is 0.608. The van der Waals surface area contributed by atoms with E-state index in [9.17, 15) is 10.1 Å². The van der Waals surface area contributed by atoms with Crippen molar-refractivity contribution < 1.29 is 4.92 Å². The SMILES string of the molecule is CCCN(CC)c1cc([N+](=O)[O-])cc(NC)n1. The Kier molecular flexibility index (Phi) is 4.68. The van der Waals surface area contributed by atoms with Crippen LogP contribution in [0.15, 0.2) is 12.1 Å². The Hall–Kier alpha value is -1.85. The number of rotatable bonds is 6. The summed E-state index contributed by atoms with van der Waals surface area (Å²) in [5.74, 6) is 1.16. The highest BCUT2D eigenvalue weighted by Crippen LogP contribution is 2.23. The summed E-state index contributed by atoms with van der Waals surface area (Å²) in [6.45, 7) is 5.70. The van der Waals surface area contributed by atoms with Gasteiger partial charge in [-0.05, 0) is 13.3 Å². The van der Waals surface area contributed by atoms with Gasteiger partial charge in [-0.1, -0.05) is 6.92 Å². The second-order valence-corrected chi connectivity index (χ2v) is 3.66. The molecule has 1 aromatic heterocycles. The molecule has 0 amide bonds. The lowest BCUT2D eigenvalue weighted by atomic mass is 10.3. The Morgan fingerprint density at radius 2 is 2.18 bits per heavy atom. The lowest BCUT2D eigenvalue weighted by molar-refractivity contribution is -0.384. The summed E-state index contributed by atoms with van der Waals surface area (Å²) in [5, 5.41) is 13.7. The average molecular weight is 238 g/mol. The van der Waals surface area contributed by atoms with Crippen molar-refractivity contribution in [1.82, 2.24) is 4.98 Å². The fourth-order valence-corrected chi connectivity index (χ4v) is 1.60. The zero-order chi connectivity index (χ0) is 12.8. The van der Waals surface area contributed by atoms with Gasteiger partial charge in [0.2, 0.25) is 0 Å². The Balaban J connectivity index is 3.12. The number of hydrogen-bond acceptors (Lipinski definition) is 5. The molecule has 0 saturated carbocycles. The molecule has 0 spiro atoms. The van der Waals surface area contributed by atoms with Crippen LogP contribution in [0, 0.1) is 10.1 Å². The van der Waals surface area contributed by atoms with Crippen LogP contribution in [0.4, 0.5) is 17.3 Å². The van der Waals surface area contributed by atoms with Crippen LogP contribution in [0.25, 0.3) is 0 Å². The van der Waals surface area contributed by atoms with E-state index in [1.807, 2.05) is 11.8 Å². The number of aromatic nitrogens is 1.